The fourth-order valence-corrected chi connectivity index (χ4v) is 5.31. The maximum atomic E-state index is 14.6. The van der Waals surface area contributed by atoms with Gasteiger partial charge in [0.2, 0.25) is 11.8 Å². The molecule has 45 heavy (non-hydrogen) atoms. The lowest BCUT2D eigenvalue weighted by atomic mass is 9.98. The molecule has 2 aromatic heterocycles. The summed E-state index contributed by atoms with van der Waals surface area (Å²) in [6.07, 6.45) is -0.666. The van der Waals surface area contributed by atoms with Crippen molar-refractivity contribution >= 4 is 6.09 Å². The number of aliphatic hydroxyl groups is 1. The Labute approximate surface area is 253 Å². The van der Waals surface area contributed by atoms with E-state index in [9.17, 15) is 22.4 Å². The number of benzene rings is 1. The van der Waals surface area contributed by atoms with Crippen LogP contribution in [0.5, 0.6) is 11.8 Å². The number of aryl methyl sites for hydroxylation is 1. The highest BCUT2D eigenvalue weighted by Gasteiger charge is 2.37. The monoisotopic (exact) mass is 629 g/mol. The van der Waals surface area contributed by atoms with Gasteiger partial charge in [-0.1, -0.05) is 30.3 Å². The van der Waals surface area contributed by atoms with Gasteiger partial charge in [0.1, 0.15) is 24.7 Å². The molecule has 1 aromatic carbocycles. The molecule has 0 aliphatic carbocycles. The molecule has 6 rings (SSSR count). The number of hydrogen-bond donors (Lipinski definition) is 2. The Morgan fingerprint density at radius 3 is 2.64 bits per heavy atom. The van der Waals surface area contributed by atoms with Crippen LogP contribution in [0.15, 0.2) is 54.9 Å². The van der Waals surface area contributed by atoms with Crippen LogP contribution in [0.2, 0.25) is 0 Å². The summed E-state index contributed by atoms with van der Waals surface area (Å²) in [5, 5.41) is 19.6. The van der Waals surface area contributed by atoms with Crippen LogP contribution in [0, 0.1) is 0 Å². The number of alkyl halides is 4. The second kappa shape index (κ2) is 12.5. The molecule has 0 radical (unpaired) electrons. The first kappa shape index (κ1) is 29.9. The molecule has 1 atom stereocenters. The van der Waals surface area contributed by atoms with Gasteiger partial charge in [0, 0.05) is 37.1 Å². The van der Waals surface area contributed by atoms with Crippen molar-refractivity contribution in [1.29, 1.82) is 0 Å². The van der Waals surface area contributed by atoms with E-state index in [1.54, 1.807) is 18.3 Å². The predicted molar refractivity (Wildman–Crippen MR) is 150 cm³/mol. The highest BCUT2D eigenvalue weighted by molar-refractivity contribution is 5.97. The van der Waals surface area contributed by atoms with Crippen molar-refractivity contribution in [3.63, 3.8) is 0 Å². The first-order chi connectivity index (χ1) is 21.7. The smallest absolute Gasteiger partial charge is 0.407 e. The maximum Gasteiger partial charge on any atom is 0.407 e. The molecule has 0 saturated carbocycles. The van der Waals surface area contributed by atoms with Crippen LogP contribution in [-0.2, 0) is 24.9 Å². The number of aromatic nitrogens is 6. The molecule has 2 N–H and O–H groups in total. The summed E-state index contributed by atoms with van der Waals surface area (Å²) >= 11 is 0. The lowest BCUT2D eigenvalue weighted by Gasteiger charge is -2.25. The van der Waals surface area contributed by atoms with Crippen LogP contribution in [0.25, 0.3) is 33.8 Å². The van der Waals surface area contributed by atoms with Crippen molar-refractivity contribution in [2.24, 2.45) is 7.05 Å². The topological polar surface area (TPSA) is 130 Å². The van der Waals surface area contributed by atoms with Gasteiger partial charge in [0.15, 0.2) is 0 Å². The van der Waals surface area contributed by atoms with Crippen LogP contribution in [0.3, 0.4) is 0 Å². The van der Waals surface area contributed by atoms with Gasteiger partial charge in [-0.15, -0.1) is 5.10 Å². The molecule has 3 aliphatic rings. The van der Waals surface area contributed by atoms with E-state index in [4.69, 9.17) is 24.3 Å². The second-order valence-electron chi connectivity index (χ2n) is 10.2. The van der Waals surface area contributed by atoms with Gasteiger partial charge in [-0.05, 0) is 17.7 Å². The van der Waals surface area contributed by atoms with Gasteiger partial charge in [-0.25, -0.2) is 23.2 Å². The zero-order valence-electron chi connectivity index (χ0n) is 23.7. The Morgan fingerprint density at radius 2 is 1.91 bits per heavy atom. The molecule has 0 spiro atoms. The van der Waals surface area contributed by atoms with Gasteiger partial charge in [-0.2, -0.15) is 13.9 Å². The summed E-state index contributed by atoms with van der Waals surface area (Å²) < 4.78 is 76.0. The zero-order valence-corrected chi connectivity index (χ0v) is 23.7. The Balaban J connectivity index is 1.51. The van der Waals surface area contributed by atoms with Crippen molar-refractivity contribution in [2.75, 3.05) is 19.8 Å². The average Bonchev–Trinajstić information content (AvgIpc) is 3.68. The first-order valence-electron chi connectivity index (χ1n) is 13.8. The normalized spacial score (nSPS) is 14.5. The average molecular weight is 630 g/mol. The van der Waals surface area contributed by atoms with E-state index in [1.165, 1.54) is 22.6 Å². The van der Waals surface area contributed by atoms with Gasteiger partial charge in [0.05, 0.1) is 36.0 Å². The van der Waals surface area contributed by atoms with E-state index in [1.807, 2.05) is 34.9 Å². The van der Waals surface area contributed by atoms with Crippen LogP contribution in [0.4, 0.5) is 22.4 Å². The van der Waals surface area contributed by atoms with Crippen molar-refractivity contribution in [3.8, 4) is 45.5 Å². The van der Waals surface area contributed by atoms with Crippen molar-refractivity contribution in [3.05, 3.63) is 66.1 Å². The molecule has 0 saturated heterocycles. The van der Waals surface area contributed by atoms with E-state index in [0.717, 1.165) is 5.56 Å². The van der Waals surface area contributed by atoms with Crippen LogP contribution < -0.4 is 14.8 Å². The van der Waals surface area contributed by atoms with Gasteiger partial charge >= 0.3 is 12.7 Å². The number of ether oxygens (including phenoxy) is 3. The second-order valence-corrected chi connectivity index (χ2v) is 10.2. The molecule has 12 nitrogen and oxygen atoms in total. The summed E-state index contributed by atoms with van der Waals surface area (Å²) in [5.41, 5.74) is 0.983. The maximum absolute atomic E-state index is 14.6. The predicted octanol–water partition coefficient (Wildman–Crippen LogP) is 4.32. The van der Waals surface area contributed by atoms with E-state index in [-0.39, 0.29) is 54.6 Å². The standard InChI is InChI=1S/C29H27F4N7O5/c1-38-14-19(26(37-38)45-28(32)33)20-18-8-5-9-39(12-16-6-3-2-4-7-16)25(18)35-22(20)21-23(24(30)31)36-40-13-17(15-44-27(21)40)34-29(42)43-11-10-41/h2-9,14,17,24,28,41H,10-13,15H2,1H3,(H,34,42)/t17-/m0/s1. The van der Waals surface area contributed by atoms with E-state index < -0.39 is 36.7 Å². The zero-order chi connectivity index (χ0) is 31.7. The molecule has 0 fully saturated rings. The summed E-state index contributed by atoms with van der Waals surface area (Å²) in [7, 11) is 1.52. The minimum atomic E-state index is -3.20. The highest BCUT2D eigenvalue weighted by atomic mass is 19.3. The summed E-state index contributed by atoms with van der Waals surface area (Å²) in [4.78, 5) is 16.8. The Hall–Kier alpha value is -5.12. The van der Waals surface area contributed by atoms with E-state index in [2.05, 4.69) is 15.5 Å². The van der Waals surface area contributed by atoms with Crippen molar-refractivity contribution in [1.82, 2.24) is 34.4 Å². The number of halogens is 4. The molecule has 0 bridgehead atoms. The summed E-state index contributed by atoms with van der Waals surface area (Å²) in [5.74, 6) is -0.0565. The lowest BCUT2D eigenvalue weighted by Crippen LogP contribution is -2.45. The number of hydrogen-bond acceptors (Lipinski definition) is 8. The molecule has 3 aliphatic heterocycles. The summed E-state index contributed by atoms with van der Waals surface area (Å²) in [6.45, 7) is -3.57. The number of aliphatic hydroxyl groups excluding tert-OH is 1. The minimum absolute atomic E-state index is 0.00967. The number of rotatable bonds is 10. The number of pyridine rings is 1. The fraction of sp³-hybridized carbons (Fsp3) is 0.310. The number of alkyl carbamates (subject to hydrolysis) is 1. The Bertz CT molecular complexity index is 1770. The number of fused-ring (bicyclic) bond motifs is 2. The van der Waals surface area contributed by atoms with Crippen LogP contribution >= 0.6 is 0 Å². The quantitative estimate of drug-likeness (QED) is 0.219. The summed E-state index contributed by atoms with van der Waals surface area (Å²) in [6, 6.07) is 12.3. The van der Waals surface area contributed by atoms with Gasteiger partial charge in [-0.3, -0.25) is 4.68 Å². The number of carbonyl (C=O) groups is 1. The number of carbonyl (C=O) groups excluding carboxylic acids is 1. The SMILES string of the molecule is Cn1cc(-c2c3cccn(Cc4ccccc4)c-3nc2-c2c(C(F)F)nn3c2OC[C@@H](NC(=O)OCCO)C3)c(OC(F)F)n1. The molecular formula is C29H27F4N7O5. The van der Waals surface area contributed by atoms with Crippen LogP contribution in [0.1, 0.15) is 17.7 Å². The minimum Gasteiger partial charge on any atom is -0.475 e. The van der Waals surface area contributed by atoms with E-state index >= 15 is 0 Å². The lowest BCUT2D eigenvalue weighted by molar-refractivity contribution is -0.0527. The largest absolute Gasteiger partial charge is 0.475 e. The molecule has 5 heterocycles. The molecular weight excluding hydrogens is 602 g/mol. The van der Waals surface area contributed by atoms with Crippen LogP contribution in [-0.4, -0.2) is 72.8 Å². The first-order valence-corrected chi connectivity index (χ1v) is 13.8. The fourth-order valence-electron chi connectivity index (χ4n) is 5.31. The number of nitrogens with one attached hydrogen (secondary N) is 1. The third-order valence-electron chi connectivity index (χ3n) is 7.06. The molecule has 3 aromatic rings. The molecule has 16 heteroatoms. The molecule has 0 unspecified atom stereocenters. The van der Waals surface area contributed by atoms with Crippen molar-refractivity contribution in [2.45, 2.75) is 32.2 Å². The number of nitrogens with zero attached hydrogens (tertiary/aromatic N) is 6. The molecule has 236 valence electrons. The number of amides is 1. The Morgan fingerprint density at radius 1 is 1.11 bits per heavy atom. The van der Waals surface area contributed by atoms with Crippen molar-refractivity contribution < 1.29 is 41.7 Å². The van der Waals surface area contributed by atoms with Gasteiger partial charge < -0.3 is 29.2 Å². The highest BCUT2D eigenvalue weighted by Crippen LogP contribution is 2.49. The van der Waals surface area contributed by atoms with Gasteiger partial charge in [0.25, 0.3) is 6.43 Å². The third-order valence-corrected chi connectivity index (χ3v) is 7.06. The molecule has 1 amide bonds. The third kappa shape index (κ3) is 6.00. The Kier molecular flexibility index (Phi) is 8.30. The van der Waals surface area contributed by atoms with E-state index in [0.29, 0.717) is 17.9 Å².